The number of hydrogen-bond donors (Lipinski definition) is 2. The van der Waals surface area contributed by atoms with E-state index in [1.807, 2.05) is 48.2 Å². The molecule has 0 amide bonds. The molecular weight excluding hydrogens is 306 g/mol. The van der Waals surface area contributed by atoms with Gasteiger partial charge in [-0.25, -0.2) is 4.99 Å². The van der Waals surface area contributed by atoms with Crippen molar-refractivity contribution in [3.8, 4) is 0 Å². The van der Waals surface area contributed by atoms with Gasteiger partial charge in [-0.05, 0) is 35.7 Å². The van der Waals surface area contributed by atoms with E-state index in [0.29, 0.717) is 6.54 Å². The lowest BCUT2D eigenvalue weighted by atomic mass is 10.1. The molecular formula is C17H19N5S. The first-order valence-electron chi connectivity index (χ1n) is 7.52. The van der Waals surface area contributed by atoms with Crippen molar-refractivity contribution in [2.75, 3.05) is 5.75 Å². The van der Waals surface area contributed by atoms with Gasteiger partial charge in [0, 0.05) is 17.2 Å². The van der Waals surface area contributed by atoms with E-state index in [1.165, 1.54) is 10.5 Å². The Morgan fingerprint density at radius 1 is 1.13 bits per heavy atom. The van der Waals surface area contributed by atoms with Gasteiger partial charge in [-0.15, -0.1) is 16.9 Å². The third-order valence-corrected chi connectivity index (χ3v) is 4.76. The lowest BCUT2D eigenvalue weighted by Gasteiger charge is -2.20. The van der Waals surface area contributed by atoms with E-state index in [9.17, 15) is 0 Å². The van der Waals surface area contributed by atoms with Crippen LogP contribution in [0.2, 0.25) is 0 Å². The van der Waals surface area contributed by atoms with Crippen LogP contribution < -0.4 is 11.5 Å². The number of fused-ring (bicyclic) bond motifs is 1. The van der Waals surface area contributed by atoms with Crippen LogP contribution in [0.5, 0.6) is 0 Å². The smallest absolute Gasteiger partial charge is 0.240 e. The third-order valence-electron chi connectivity index (χ3n) is 3.64. The first-order valence-corrected chi connectivity index (χ1v) is 8.50. The molecule has 0 saturated carbocycles. The molecule has 0 radical (unpaired) electrons. The minimum atomic E-state index is 0.0563. The first kappa shape index (κ1) is 15.7. The number of guanidine groups is 1. The van der Waals surface area contributed by atoms with Gasteiger partial charge in [-0.2, -0.15) is 5.11 Å². The molecule has 0 fully saturated rings. The highest BCUT2D eigenvalue weighted by Gasteiger charge is 2.19. The molecule has 5 nitrogen and oxygen atoms in total. The van der Waals surface area contributed by atoms with Crippen LogP contribution in [0.15, 0.2) is 68.6 Å². The van der Waals surface area contributed by atoms with Crippen LogP contribution >= 0.6 is 11.8 Å². The number of rotatable bonds is 3. The van der Waals surface area contributed by atoms with Crippen LogP contribution in [0.4, 0.5) is 5.69 Å². The van der Waals surface area contributed by atoms with E-state index in [4.69, 9.17) is 11.5 Å². The summed E-state index contributed by atoms with van der Waals surface area (Å²) in [6.07, 6.45) is 0.962. The largest absolute Gasteiger partial charge is 0.366 e. The molecule has 0 bridgehead atoms. The lowest BCUT2D eigenvalue weighted by molar-refractivity contribution is 0.651. The normalized spacial score (nSPS) is 18.1. The molecule has 1 unspecified atom stereocenters. The number of azo groups is 1. The fourth-order valence-corrected chi connectivity index (χ4v) is 3.54. The van der Waals surface area contributed by atoms with Crippen LogP contribution in [0.1, 0.15) is 23.6 Å². The summed E-state index contributed by atoms with van der Waals surface area (Å²) in [4.78, 5) is 5.54. The second-order valence-electron chi connectivity index (χ2n) is 5.25. The maximum atomic E-state index is 5.87. The standard InChI is InChI=1S/C17H19N5S/c18-11-12-5-7-13(8-6-12)20-17(19)22-21-15-9-10-23-16-4-2-1-3-14(15)16/h1-8,15H,9-11,18H2,(H2,19,20). The number of hydrogen-bond acceptors (Lipinski definition) is 4. The van der Waals surface area contributed by atoms with Gasteiger partial charge < -0.3 is 11.5 Å². The SMILES string of the molecule is NCc1ccc(N=C(N)N=NC2CCSc3ccccc32)cc1. The number of aliphatic imine (C=N–C) groups is 1. The summed E-state index contributed by atoms with van der Waals surface area (Å²) in [5, 5.41) is 8.49. The molecule has 0 aromatic heterocycles. The zero-order valence-electron chi connectivity index (χ0n) is 12.7. The van der Waals surface area contributed by atoms with Crippen LogP contribution in [0, 0.1) is 0 Å². The predicted molar refractivity (Wildman–Crippen MR) is 95.0 cm³/mol. The summed E-state index contributed by atoms with van der Waals surface area (Å²) in [5.41, 5.74) is 14.5. The molecule has 3 rings (SSSR count). The quantitative estimate of drug-likeness (QED) is 0.511. The highest BCUT2D eigenvalue weighted by molar-refractivity contribution is 7.99. The van der Waals surface area contributed by atoms with Gasteiger partial charge in [0.1, 0.15) is 0 Å². The van der Waals surface area contributed by atoms with Gasteiger partial charge in [0.15, 0.2) is 0 Å². The van der Waals surface area contributed by atoms with Crippen molar-refractivity contribution in [3.63, 3.8) is 0 Å². The van der Waals surface area contributed by atoms with Gasteiger partial charge in [-0.1, -0.05) is 30.3 Å². The van der Waals surface area contributed by atoms with E-state index < -0.39 is 0 Å². The van der Waals surface area contributed by atoms with Crippen molar-refractivity contribution in [2.24, 2.45) is 26.7 Å². The third kappa shape index (κ3) is 3.97. The molecule has 118 valence electrons. The Hall–Kier alpha value is -2.18. The average molecular weight is 325 g/mol. The number of nitrogens with zero attached hydrogens (tertiary/aromatic N) is 3. The summed E-state index contributed by atoms with van der Waals surface area (Å²) in [5.74, 6) is 1.21. The molecule has 6 heteroatoms. The van der Waals surface area contributed by atoms with E-state index in [0.717, 1.165) is 23.4 Å². The van der Waals surface area contributed by atoms with E-state index >= 15 is 0 Å². The van der Waals surface area contributed by atoms with Crippen molar-refractivity contribution in [2.45, 2.75) is 23.9 Å². The molecule has 2 aromatic rings. The van der Waals surface area contributed by atoms with Crippen molar-refractivity contribution in [3.05, 3.63) is 59.7 Å². The van der Waals surface area contributed by atoms with Crippen molar-refractivity contribution in [1.82, 2.24) is 0 Å². The van der Waals surface area contributed by atoms with Crippen molar-refractivity contribution >= 4 is 23.4 Å². The van der Waals surface area contributed by atoms with E-state index in [1.54, 1.807) is 0 Å². The second kappa shape index (κ2) is 7.39. The summed E-state index contributed by atoms with van der Waals surface area (Å²) in [6, 6.07) is 16.0. The Kier molecular flexibility index (Phi) is 5.05. The highest BCUT2D eigenvalue weighted by Crippen LogP contribution is 2.38. The van der Waals surface area contributed by atoms with Gasteiger partial charge >= 0.3 is 0 Å². The maximum Gasteiger partial charge on any atom is 0.240 e. The lowest BCUT2D eigenvalue weighted by Crippen LogP contribution is -2.09. The molecule has 1 atom stereocenters. The molecule has 0 spiro atoms. The molecule has 1 aliphatic rings. The Labute approximate surface area is 139 Å². The average Bonchev–Trinajstić information content (AvgIpc) is 2.60. The van der Waals surface area contributed by atoms with Gasteiger partial charge in [0.25, 0.3) is 0 Å². The Bertz CT molecular complexity index is 724. The molecule has 1 aliphatic heterocycles. The van der Waals surface area contributed by atoms with Gasteiger partial charge in [0.2, 0.25) is 5.96 Å². The van der Waals surface area contributed by atoms with Crippen LogP contribution in [-0.2, 0) is 6.54 Å². The summed E-state index contributed by atoms with van der Waals surface area (Å²) < 4.78 is 0. The topological polar surface area (TPSA) is 89.1 Å². The minimum Gasteiger partial charge on any atom is -0.366 e. The fourth-order valence-electron chi connectivity index (χ4n) is 2.43. The molecule has 0 aliphatic carbocycles. The van der Waals surface area contributed by atoms with E-state index in [-0.39, 0.29) is 12.0 Å². The number of thioether (sulfide) groups is 1. The Morgan fingerprint density at radius 2 is 1.91 bits per heavy atom. The highest BCUT2D eigenvalue weighted by atomic mass is 32.2. The molecule has 1 heterocycles. The van der Waals surface area contributed by atoms with Crippen LogP contribution in [0.3, 0.4) is 0 Å². The van der Waals surface area contributed by atoms with Crippen LogP contribution in [-0.4, -0.2) is 11.7 Å². The molecule has 4 N–H and O–H groups in total. The first-order chi connectivity index (χ1) is 11.3. The Morgan fingerprint density at radius 3 is 2.70 bits per heavy atom. The fraction of sp³-hybridized carbons (Fsp3) is 0.235. The summed E-state index contributed by atoms with van der Waals surface area (Å²) in [6.45, 7) is 0.512. The van der Waals surface area contributed by atoms with Crippen LogP contribution in [0.25, 0.3) is 0 Å². The van der Waals surface area contributed by atoms with Crippen molar-refractivity contribution in [1.29, 1.82) is 0 Å². The summed E-state index contributed by atoms with van der Waals surface area (Å²) in [7, 11) is 0. The minimum absolute atomic E-state index is 0.0563. The monoisotopic (exact) mass is 325 g/mol. The molecule has 2 aromatic carbocycles. The maximum absolute atomic E-state index is 5.87. The van der Waals surface area contributed by atoms with Gasteiger partial charge in [0.05, 0.1) is 11.7 Å². The molecule has 23 heavy (non-hydrogen) atoms. The molecule has 0 saturated heterocycles. The zero-order valence-corrected chi connectivity index (χ0v) is 13.5. The van der Waals surface area contributed by atoms with Crippen molar-refractivity contribution < 1.29 is 0 Å². The second-order valence-corrected chi connectivity index (χ2v) is 6.38. The van der Waals surface area contributed by atoms with Gasteiger partial charge in [-0.3, -0.25) is 0 Å². The Balaban J connectivity index is 1.73. The zero-order chi connectivity index (χ0) is 16.1. The number of nitrogens with two attached hydrogens (primary N) is 2. The summed E-state index contributed by atoms with van der Waals surface area (Å²) >= 11 is 1.86. The predicted octanol–water partition coefficient (Wildman–Crippen LogP) is 3.78. The van der Waals surface area contributed by atoms with E-state index in [2.05, 4.69) is 27.4 Å². The number of benzene rings is 2.